The van der Waals surface area contributed by atoms with E-state index in [0.717, 1.165) is 34.0 Å². The van der Waals surface area contributed by atoms with E-state index >= 15 is 0 Å². The van der Waals surface area contributed by atoms with Gasteiger partial charge in [-0.2, -0.15) is 0 Å². The molecule has 0 spiro atoms. The second-order valence-electron chi connectivity index (χ2n) is 6.46. The summed E-state index contributed by atoms with van der Waals surface area (Å²) in [5.41, 5.74) is 0. The van der Waals surface area contributed by atoms with E-state index in [2.05, 4.69) is 33.2 Å². The number of rotatable bonds is 9. The Kier molecular flexibility index (Phi) is 7.07. The Morgan fingerprint density at radius 2 is 2.16 bits per heavy atom. The Morgan fingerprint density at radius 3 is 3.00 bits per heavy atom. The first-order valence-electron chi connectivity index (χ1n) is 9.05. The second kappa shape index (κ2) is 9.50. The van der Waals surface area contributed by atoms with Crippen LogP contribution in [0.25, 0.3) is 10.2 Å². The van der Waals surface area contributed by atoms with Crippen molar-refractivity contribution in [2.45, 2.75) is 44.1 Å². The molecule has 0 aliphatic carbocycles. The number of nitrogens with zero attached hydrogens (tertiary/aromatic N) is 3. The van der Waals surface area contributed by atoms with E-state index in [0.29, 0.717) is 6.42 Å². The van der Waals surface area contributed by atoms with Gasteiger partial charge in [-0.3, -0.25) is 4.79 Å². The van der Waals surface area contributed by atoms with Crippen molar-refractivity contribution in [3.05, 3.63) is 17.3 Å². The van der Waals surface area contributed by atoms with Crippen LogP contribution in [0.2, 0.25) is 0 Å². The zero-order chi connectivity index (χ0) is 17.5. The molecule has 2 aromatic rings. The van der Waals surface area contributed by atoms with Gasteiger partial charge in [0, 0.05) is 29.0 Å². The van der Waals surface area contributed by atoms with Crippen LogP contribution >= 0.6 is 23.1 Å². The van der Waals surface area contributed by atoms with Crippen LogP contribution in [0.5, 0.6) is 0 Å². The molecule has 1 saturated heterocycles. The van der Waals surface area contributed by atoms with Crippen LogP contribution in [0.3, 0.4) is 0 Å². The monoisotopic (exact) mass is 378 g/mol. The minimum atomic E-state index is 0.139. The smallest absolute Gasteiger partial charge is 0.220 e. The molecular formula is C18H26N4OS2. The Morgan fingerprint density at radius 1 is 1.32 bits per heavy atom. The first-order chi connectivity index (χ1) is 12.2. The summed E-state index contributed by atoms with van der Waals surface area (Å²) in [4.78, 5) is 25.4. The Hall–Kier alpha value is -1.18. The van der Waals surface area contributed by atoms with E-state index in [9.17, 15) is 4.79 Å². The molecule has 0 atom stereocenters. The number of thioether (sulfide) groups is 1. The molecule has 1 aliphatic rings. The molecule has 25 heavy (non-hydrogen) atoms. The molecule has 3 rings (SSSR count). The van der Waals surface area contributed by atoms with Gasteiger partial charge in [0.05, 0.1) is 0 Å². The molecule has 7 heteroatoms. The maximum atomic E-state index is 12.0. The maximum Gasteiger partial charge on any atom is 0.220 e. The van der Waals surface area contributed by atoms with E-state index in [1.807, 2.05) is 0 Å². The summed E-state index contributed by atoms with van der Waals surface area (Å²) in [6, 6.07) is 2.13. The van der Waals surface area contributed by atoms with Crippen molar-refractivity contribution in [2.24, 2.45) is 0 Å². The Balaban J connectivity index is 1.31. The summed E-state index contributed by atoms with van der Waals surface area (Å²) >= 11 is 3.32. The van der Waals surface area contributed by atoms with Crippen molar-refractivity contribution in [2.75, 3.05) is 31.9 Å². The van der Waals surface area contributed by atoms with E-state index in [4.69, 9.17) is 0 Å². The zero-order valence-electron chi connectivity index (χ0n) is 14.8. The summed E-state index contributed by atoms with van der Waals surface area (Å²) in [5.74, 6) is 0.890. The lowest BCUT2D eigenvalue weighted by Crippen LogP contribution is -2.26. The second-order valence-corrected chi connectivity index (χ2v) is 8.78. The molecule has 5 nitrogen and oxygen atoms in total. The molecule has 0 radical (unpaired) electrons. The topological polar surface area (TPSA) is 58.1 Å². The van der Waals surface area contributed by atoms with Crippen LogP contribution in [-0.4, -0.2) is 52.7 Å². The standard InChI is InChI=1S/C18H26N4OS2/c1-14-12-15-17(20-13-21-18(15)25-14)24-11-6-16(23)19-7-2-3-8-22-9-4-5-10-22/h12-13H,2-11H2,1H3,(H,19,23). The molecule has 0 unspecified atom stereocenters. The average Bonchev–Trinajstić information content (AvgIpc) is 3.23. The maximum absolute atomic E-state index is 12.0. The lowest BCUT2D eigenvalue weighted by atomic mass is 10.3. The van der Waals surface area contributed by atoms with Gasteiger partial charge in [0.25, 0.3) is 0 Å². The number of hydrogen-bond acceptors (Lipinski definition) is 6. The quantitative estimate of drug-likeness (QED) is 0.411. The molecular weight excluding hydrogens is 352 g/mol. The van der Waals surface area contributed by atoms with Crippen molar-refractivity contribution >= 4 is 39.2 Å². The lowest BCUT2D eigenvalue weighted by Gasteiger charge is -2.13. The number of aryl methyl sites for hydroxylation is 1. The van der Waals surface area contributed by atoms with Crippen LogP contribution < -0.4 is 5.32 Å². The predicted octanol–water partition coefficient (Wildman–Crippen LogP) is 3.47. The van der Waals surface area contributed by atoms with Gasteiger partial charge in [-0.05, 0) is 58.3 Å². The SMILES string of the molecule is Cc1cc2c(SCCC(=O)NCCCCN3CCCC3)ncnc2s1. The fourth-order valence-corrected chi connectivity index (χ4v) is 4.92. The highest BCUT2D eigenvalue weighted by Gasteiger charge is 2.11. The summed E-state index contributed by atoms with van der Waals surface area (Å²) in [5, 5.41) is 5.12. The number of carbonyl (C=O) groups is 1. The highest BCUT2D eigenvalue weighted by Crippen LogP contribution is 2.30. The molecule has 136 valence electrons. The zero-order valence-corrected chi connectivity index (χ0v) is 16.4. The minimum Gasteiger partial charge on any atom is -0.356 e. The number of thiophene rings is 1. The summed E-state index contributed by atoms with van der Waals surface area (Å²) in [6.45, 7) is 6.55. The number of likely N-dealkylation sites (tertiary alicyclic amines) is 1. The van der Waals surface area contributed by atoms with Crippen LogP contribution in [0.15, 0.2) is 17.4 Å². The molecule has 1 fully saturated rings. The molecule has 0 bridgehead atoms. The summed E-state index contributed by atoms with van der Waals surface area (Å²) < 4.78 is 0. The third-order valence-corrected chi connectivity index (χ3v) is 6.37. The summed E-state index contributed by atoms with van der Waals surface area (Å²) in [7, 11) is 0. The van der Waals surface area contributed by atoms with Crippen molar-refractivity contribution < 1.29 is 4.79 Å². The molecule has 2 aromatic heterocycles. The molecule has 1 amide bonds. The van der Waals surface area contributed by atoms with Crippen LogP contribution in [0.4, 0.5) is 0 Å². The average molecular weight is 379 g/mol. The number of unbranched alkanes of at least 4 members (excludes halogenated alkanes) is 1. The number of carbonyl (C=O) groups excluding carboxylic acids is 1. The molecule has 1 N–H and O–H groups in total. The number of nitrogens with one attached hydrogen (secondary N) is 1. The van der Waals surface area contributed by atoms with E-state index < -0.39 is 0 Å². The molecule has 1 aliphatic heterocycles. The number of amides is 1. The summed E-state index contributed by atoms with van der Waals surface area (Å²) in [6.07, 6.45) is 7.07. The van der Waals surface area contributed by atoms with Crippen molar-refractivity contribution in [3.63, 3.8) is 0 Å². The predicted molar refractivity (Wildman–Crippen MR) is 105 cm³/mol. The normalized spacial score (nSPS) is 15.1. The van der Waals surface area contributed by atoms with E-state index in [1.165, 1.54) is 43.8 Å². The van der Waals surface area contributed by atoms with Crippen molar-refractivity contribution in [1.29, 1.82) is 0 Å². The highest BCUT2D eigenvalue weighted by molar-refractivity contribution is 7.99. The first kappa shape index (κ1) is 18.6. The lowest BCUT2D eigenvalue weighted by molar-refractivity contribution is -0.120. The van der Waals surface area contributed by atoms with Crippen LogP contribution in [0, 0.1) is 6.92 Å². The fraction of sp³-hybridized carbons (Fsp3) is 0.611. The van der Waals surface area contributed by atoms with Crippen LogP contribution in [-0.2, 0) is 4.79 Å². The highest BCUT2D eigenvalue weighted by atomic mass is 32.2. The van der Waals surface area contributed by atoms with Crippen LogP contribution in [0.1, 0.15) is 37.0 Å². The van der Waals surface area contributed by atoms with E-state index in [1.54, 1.807) is 29.4 Å². The largest absolute Gasteiger partial charge is 0.356 e. The van der Waals surface area contributed by atoms with Crippen molar-refractivity contribution in [3.8, 4) is 0 Å². The van der Waals surface area contributed by atoms with Gasteiger partial charge < -0.3 is 10.2 Å². The fourth-order valence-electron chi connectivity index (χ4n) is 3.09. The Bertz CT molecular complexity index is 697. The van der Waals surface area contributed by atoms with Gasteiger partial charge in [0.1, 0.15) is 16.2 Å². The van der Waals surface area contributed by atoms with E-state index in [-0.39, 0.29) is 5.91 Å². The third kappa shape index (κ3) is 5.66. The van der Waals surface area contributed by atoms with Gasteiger partial charge >= 0.3 is 0 Å². The van der Waals surface area contributed by atoms with Gasteiger partial charge in [-0.1, -0.05) is 0 Å². The first-order valence-corrected chi connectivity index (χ1v) is 10.9. The van der Waals surface area contributed by atoms with Gasteiger partial charge in [0.15, 0.2) is 0 Å². The molecule has 0 aromatic carbocycles. The number of fused-ring (bicyclic) bond motifs is 1. The van der Waals surface area contributed by atoms with Crippen molar-refractivity contribution in [1.82, 2.24) is 20.2 Å². The molecule has 0 saturated carbocycles. The Labute approximate surface area is 157 Å². The number of hydrogen-bond donors (Lipinski definition) is 1. The minimum absolute atomic E-state index is 0.139. The van der Waals surface area contributed by atoms with Gasteiger partial charge in [-0.15, -0.1) is 23.1 Å². The van der Waals surface area contributed by atoms with Gasteiger partial charge in [-0.25, -0.2) is 9.97 Å². The third-order valence-electron chi connectivity index (χ3n) is 4.41. The number of aromatic nitrogens is 2. The van der Waals surface area contributed by atoms with Gasteiger partial charge in [0.2, 0.25) is 5.91 Å². The molecule has 3 heterocycles.